The van der Waals surface area contributed by atoms with Crippen molar-refractivity contribution in [2.75, 3.05) is 12.3 Å². The van der Waals surface area contributed by atoms with E-state index in [4.69, 9.17) is 11.6 Å². The van der Waals surface area contributed by atoms with Gasteiger partial charge in [0.05, 0.1) is 4.34 Å². The van der Waals surface area contributed by atoms with Crippen molar-refractivity contribution in [3.05, 3.63) is 21.3 Å². The molecule has 2 nitrogen and oxygen atoms in total. The van der Waals surface area contributed by atoms with Crippen molar-refractivity contribution in [3.63, 3.8) is 0 Å². The molecular formula is C13H17ClN2S2. The van der Waals surface area contributed by atoms with E-state index >= 15 is 0 Å². The van der Waals surface area contributed by atoms with Crippen LogP contribution in [0.4, 0.5) is 0 Å². The molecule has 0 radical (unpaired) electrons. The highest BCUT2D eigenvalue weighted by Crippen LogP contribution is 2.37. The Bertz CT molecular complexity index is 450. The number of thiophene rings is 1. The van der Waals surface area contributed by atoms with Crippen molar-refractivity contribution in [2.45, 2.75) is 37.6 Å². The lowest BCUT2D eigenvalue weighted by atomic mass is 10.0. The summed E-state index contributed by atoms with van der Waals surface area (Å²) in [6.07, 6.45) is 6.37. The van der Waals surface area contributed by atoms with Gasteiger partial charge < -0.3 is 5.32 Å². The number of hydrogen-bond acceptors (Lipinski definition) is 3. The fraction of sp³-hybridized carbons (Fsp3) is 0.615. The zero-order chi connectivity index (χ0) is 12.4. The second-order valence-electron chi connectivity index (χ2n) is 5.04. The quantitative estimate of drug-likeness (QED) is 0.914. The van der Waals surface area contributed by atoms with E-state index in [1.165, 1.54) is 36.3 Å². The molecule has 1 aromatic heterocycles. The maximum atomic E-state index is 5.91. The van der Waals surface area contributed by atoms with Gasteiger partial charge in [-0.2, -0.15) is 0 Å². The van der Waals surface area contributed by atoms with Crippen molar-refractivity contribution in [1.29, 1.82) is 0 Å². The first-order valence-corrected chi connectivity index (χ1v) is 8.63. The van der Waals surface area contributed by atoms with Crippen LogP contribution in [-0.4, -0.2) is 23.0 Å². The Balaban J connectivity index is 1.52. The SMILES string of the molecule is Clc1ccc(CCN=C2NC3(CCCC3)CS2)s1. The average molecular weight is 301 g/mol. The highest BCUT2D eigenvalue weighted by Gasteiger charge is 2.39. The van der Waals surface area contributed by atoms with Gasteiger partial charge in [0.2, 0.25) is 0 Å². The number of nitrogens with one attached hydrogen (secondary N) is 1. The third kappa shape index (κ3) is 2.86. The molecule has 1 saturated carbocycles. The number of nitrogens with zero attached hydrogens (tertiary/aromatic N) is 1. The first kappa shape index (κ1) is 12.8. The van der Waals surface area contributed by atoms with Crippen molar-refractivity contribution < 1.29 is 0 Å². The van der Waals surface area contributed by atoms with Gasteiger partial charge in [-0.05, 0) is 25.0 Å². The third-order valence-electron chi connectivity index (χ3n) is 3.66. The average Bonchev–Trinajstić information content (AvgIpc) is 3.05. The smallest absolute Gasteiger partial charge is 0.157 e. The van der Waals surface area contributed by atoms with E-state index < -0.39 is 0 Å². The van der Waals surface area contributed by atoms with E-state index in [0.29, 0.717) is 5.54 Å². The molecule has 18 heavy (non-hydrogen) atoms. The Morgan fingerprint density at radius 2 is 2.17 bits per heavy atom. The minimum Gasteiger partial charge on any atom is -0.359 e. The van der Waals surface area contributed by atoms with Crippen molar-refractivity contribution in [1.82, 2.24) is 5.32 Å². The maximum Gasteiger partial charge on any atom is 0.157 e. The molecule has 2 fully saturated rings. The lowest BCUT2D eigenvalue weighted by molar-refractivity contribution is 0.452. The van der Waals surface area contributed by atoms with Crippen molar-refractivity contribution >= 4 is 39.9 Å². The summed E-state index contributed by atoms with van der Waals surface area (Å²) >= 11 is 9.47. The summed E-state index contributed by atoms with van der Waals surface area (Å²) in [5.41, 5.74) is 0.385. The van der Waals surface area contributed by atoms with Crippen LogP contribution in [0.2, 0.25) is 4.34 Å². The van der Waals surface area contributed by atoms with E-state index in [-0.39, 0.29) is 0 Å². The predicted molar refractivity (Wildman–Crippen MR) is 82.1 cm³/mol. The van der Waals surface area contributed by atoms with Crippen LogP contribution in [0, 0.1) is 0 Å². The molecule has 1 aromatic rings. The van der Waals surface area contributed by atoms with E-state index in [1.807, 2.05) is 17.8 Å². The normalized spacial score (nSPS) is 23.9. The standard InChI is InChI=1S/C13H17ClN2S2/c14-11-4-3-10(18-11)5-8-15-12-16-13(9-17-12)6-1-2-7-13/h3-4H,1-2,5-9H2,(H,15,16). The second kappa shape index (κ2) is 5.43. The van der Waals surface area contributed by atoms with Crippen LogP contribution in [-0.2, 0) is 6.42 Å². The molecule has 0 unspecified atom stereocenters. The molecule has 0 bridgehead atoms. The zero-order valence-corrected chi connectivity index (χ0v) is 12.6. The highest BCUT2D eigenvalue weighted by molar-refractivity contribution is 8.14. The van der Waals surface area contributed by atoms with Gasteiger partial charge in [0, 0.05) is 29.1 Å². The Morgan fingerprint density at radius 3 is 2.89 bits per heavy atom. The number of hydrogen-bond donors (Lipinski definition) is 1. The Labute approximate surface area is 121 Å². The van der Waals surface area contributed by atoms with E-state index in [1.54, 1.807) is 11.3 Å². The van der Waals surface area contributed by atoms with Crippen LogP contribution in [0.1, 0.15) is 30.6 Å². The molecule has 1 N–H and O–H groups in total. The molecule has 0 aromatic carbocycles. The predicted octanol–water partition coefficient (Wildman–Crippen LogP) is 3.95. The van der Waals surface area contributed by atoms with Gasteiger partial charge in [-0.3, -0.25) is 4.99 Å². The lowest BCUT2D eigenvalue weighted by Crippen LogP contribution is -2.40. The maximum absolute atomic E-state index is 5.91. The van der Waals surface area contributed by atoms with E-state index in [0.717, 1.165) is 22.5 Å². The monoisotopic (exact) mass is 300 g/mol. The molecule has 1 spiro atoms. The molecule has 1 saturated heterocycles. The van der Waals surface area contributed by atoms with Gasteiger partial charge >= 0.3 is 0 Å². The van der Waals surface area contributed by atoms with Crippen LogP contribution in [0.3, 0.4) is 0 Å². The molecule has 1 aliphatic carbocycles. The number of aliphatic imine (C=N–C) groups is 1. The third-order valence-corrected chi connectivity index (χ3v) is 6.15. The summed E-state index contributed by atoms with van der Waals surface area (Å²) in [6, 6.07) is 4.06. The molecule has 2 aliphatic rings. The summed E-state index contributed by atoms with van der Waals surface area (Å²) in [5.74, 6) is 1.21. The summed E-state index contributed by atoms with van der Waals surface area (Å²) in [7, 11) is 0. The van der Waals surface area contributed by atoms with Crippen LogP contribution < -0.4 is 5.32 Å². The molecular weight excluding hydrogens is 284 g/mol. The van der Waals surface area contributed by atoms with Gasteiger partial charge in [-0.1, -0.05) is 36.2 Å². The minimum atomic E-state index is 0.385. The van der Waals surface area contributed by atoms with Gasteiger partial charge in [0.15, 0.2) is 5.17 Å². The van der Waals surface area contributed by atoms with Gasteiger partial charge in [-0.15, -0.1) is 11.3 Å². The lowest BCUT2D eigenvalue weighted by Gasteiger charge is -2.21. The topological polar surface area (TPSA) is 24.4 Å². The summed E-state index contributed by atoms with van der Waals surface area (Å²) < 4.78 is 0.871. The first-order valence-electron chi connectivity index (χ1n) is 6.45. The molecule has 3 rings (SSSR count). The van der Waals surface area contributed by atoms with Crippen LogP contribution in [0.5, 0.6) is 0 Å². The zero-order valence-electron chi connectivity index (χ0n) is 10.2. The van der Waals surface area contributed by atoms with Crippen LogP contribution in [0.25, 0.3) is 0 Å². The number of rotatable bonds is 3. The Kier molecular flexibility index (Phi) is 3.87. The molecule has 0 amide bonds. The molecule has 0 atom stereocenters. The van der Waals surface area contributed by atoms with E-state index in [9.17, 15) is 0 Å². The first-order chi connectivity index (χ1) is 8.76. The summed E-state index contributed by atoms with van der Waals surface area (Å²) in [4.78, 5) is 6.00. The molecule has 2 heterocycles. The number of halogens is 1. The molecule has 98 valence electrons. The fourth-order valence-electron chi connectivity index (χ4n) is 2.67. The van der Waals surface area contributed by atoms with Gasteiger partial charge in [-0.25, -0.2) is 0 Å². The van der Waals surface area contributed by atoms with E-state index in [2.05, 4.69) is 16.4 Å². The van der Waals surface area contributed by atoms with Gasteiger partial charge in [0.25, 0.3) is 0 Å². The fourth-order valence-corrected chi connectivity index (χ4v) is 4.99. The molecule has 1 aliphatic heterocycles. The minimum absolute atomic E-state index is 0.385. The number of amidine groups is 1. The largest absolute Gasteiger partial charge is 0.359 e. The van der Waals surface area contributed by atoms with Crippen LogP contribution in [0.15, 0.2) is 17.1 Å². The van der Waals surface area contributed by atoms with Gasteiger partial charge in [0.1, 0.15) is 0 Å². The van der Waals surface area contributed by atoms with Crippen molar-refractivity contribution in [3.8, 4) is 0 Å². The number of thioether (sulfide) groups is 1. The highest BCUT2D eigenvalue weighted by atomic mass is 35.5. The Hall–Kier alpha value is -0.190. The Morgan fingerprint density at radius 1 is 1.33 bits per heavy atom. The van der Waals surface area contributed by atoms with Crippen molar-refractivity contribution in [2.24, 2.45) is 4.99 Å². The van der Waals surface area contributed by atoms with Crippen LogP contribution >= 0.6 is 34.7 Å². The molecule has 5 heteroatoms. The second-order valence-corrected chi connectivity index (χ2v) is 7.81. The summed E-state index contributed by atoms with van der Waals surface area (Å²) in [5, 5.41) is 4.80. The summed E-state index contributed by atoms with van der Waals surface area (Å²) in [6.45, 7) is 0.863.